The number of carbonyl (C=O) groups excluding carboxylic acids is 3. The third-order valence-corrected chi connectivity index (χ3v) is 4.87. The fraction of sp³-hybridized carbons (Fsp3) is 0.429. The summed E-state index contributed by atoms with van der Waals surface area (Å²) in [6, 6.07) is -0.548. The number of carboxylic acid groups (broad SMARTS) is 1. The number of halogens is 3. The van der Waals surface area contributed by atoms with E-state index in [9.17, 15) is 27.6 Å². The van der Waals surface area contributed by atoms with Gasteiger partial charge in [-0.05, 0) is 12.0 Å². The molecule has 0 spiro atoms. The van der Waals surface area contributed by atoms with E-state index in [0.29, 0.717) is 25.1 Å². The fourth-order valence-corrected chi connectivity index (χ4v) is 3.49. The van der Waals surface area contributed by atoms with E-state index in [0.717, 1.165) is 10.4 Å². The molecule has 1 atom stereocenters. The third kappa shape index (κ3) is 4.02. The van der Waals surface area contributed by atoms with Crippen molar-refractivity contribution in [1.29, 1.82) is 0 Å². The van der Waals surface area contributed by atoms with E-state index in [4.69, 9.17) is 15.6 Å². The second-order valence-electron chi connectivity index (χ2n) is 5.46. The van der Waals surface area contributed by atoms with Gasteiger partial charge in [-0.15, -0.1) is 11.3 Å². The third-order valence-electron chi connectivity index (χ3n) is 3.81. The van der Waals surface area contributed by atoms with Gasteiger partial charge in [0.05, 0.1) is 5.56 Å². The van der Waals surface area contributed by atoms with Gasteiger partial charge in [0.2, 0.25) is 11.8 Å². The first-order valence-electron chi connectivity index (χ1n) is 7.30. The summed E-state index contributed by atoms with van der Waals surface area (Å²) in [6.07, 6.45) is -4.42. The zero-order chi connectivity index (χ0) is 19.6. The van der Waals surface area contributed by atoms with Crippen LogP contribution in [0.5, 0.6) is 0 Å². The number of piperidine rings is 1. The van der Waals surface area contributed by atoms with Gasteiger partial charge in [0, 0.05) is 29.8 Å². The molecule has 4 N–H and O–H groups in total. The van der Waals surface area contributed by atoms with Crippen molar-refractivity contribution >= 4 is 35.0 Å². The van der Waals surface area contributed by atoms with E-state index >= 15 is 0 Å². The Kier molecular flexibility index (Phi) is 5.66. The molecule has 2 aliphatic rings. The highest BCUT2D eigenvalue weighted by Gasteiger charge is 2.40. The van der Waals surface area contributed by atoms with Gasteiger partial charge in [0.15, 0.2) is 0 Å². The number of fused-ring (bicyclic) bond motifs is 1. The molecule has 142 valence electrons. The molecular formula is C14H14F3N3O5S. The number of thiophene rings is 1. The molecule has 0 aromatic carbocycles. The van der Waals surface area contributed by atoms with Crippen LogP contribution in [-0.2, 0) is 27.5 Å². The number of amides is 3. The number of hydrogen-bond donors (Lipinski definition) is 3. The Balaban J connectivity index is 0.000000298. The molecule has 3 amide bonds. The number of alkyl halides is 3. The molecule has 3 rings (SSSR count). The second kappa shape index (κ2) is 7.41. The van der Waals surface area contributed by atoms with Gasteiger partial charge in [0.25, 0.3) is 5.91 Å². The summed E-state index contributed by atoms with van der Waals surface area (Å²) in [6.45, 7) is 0.812. The molecule has 8 nitrogen and oxygen atoms in total. The lowest BCUT2D eigenvalue weighted by Gasteiger charge is -2.29. The van der Waals surface area contributed by atoms with Crippen LogP contribution in [0, 0.1) is 0 Å². The first-order valence-corrected chi connectivity index (χ1v) is 8.18. The number of carboxylic acids is 1. The second-order valence-corrected chi connectivity index (χ2v) is 6.42. The van der Waals surface area contributed by atoms with E-state index in [1.165, 1.54) is 11.3 Å². The van der Waals surface area contributed by atoms with E-state index < -0.39 is 18.2 Å². The maximum Gasteiger partial charge on any atom is 0.490 e. The molecule has 2 aliphatic heterocycles. The number of nitrogens with zero attached hydrogens (tertiary/aromatic N) is 1. The van der Waals surface area contributed by atoms with Gasteiger partial charge in [-0.3, -0.25) is 19.7 Å². The molecule has 26 heavy (non-hydrogen) atoms. The Morgan fingerprint density at radius 1 is 1.38 bits per heavy atom. The monoisotopic (exact) mass is 393 g/mol. The van der Waals surface area contributed by atoms with E-state index in [1.54, 1.807) is 10.3 Å². The Morgan fingerprint density at radius 2 is 2.00 bits per heavy atom. The highest BCUT2D eigenvalue weighted by Crippen LogP contribution is 2.33. The van der Waals surface area contributed by atoms with Gasteiger partial charge in [-0.25, -0.2) is 4.79 Å². The number of rotatable bonds is 2. The fourth-order valence-electron chi connectivity index (χ4n) is 2.57. The van der Waals surface area contributed by atoms with Gasteiger partial charge in [-0.1, -0.05) is 0 Å². The standard InChI is InChI=1S/C12H13N3O3S.C2HF3O2/c13-3-9-6-4-15(12(18)7(6)5-19-9)8-1-2-10(16)14-11(8)17;3-2(4,5)1(6)7/h5,8H,1-4,13H2,(H,14,16,17);(H,6,7). The summed E-state index contributed by atoms with van der Waals surface area (Å²) in [4.78, 5) is 46.7. The lowest BCUT2D eigenvalue weighted by Crippen LogP contribution is -2.52. The van der Waals surface area contributed by atoms with Crippen LogP contribution in [0.15, 0.2) is 5.38 Å². The van der Waals surface area contributed by atoms with Crippen molar-refractivity contribution in [3.8, 4) is 0 Å². The van der Waals surface area contributed by atoms with E-state index in [1.807, 2.05) is 0 Å². The van der Waals surface area contributed by atoms with Gasteiger partial charge >= 0.3 is 12.1 Å². The highest BCUT2D eigenvalue weighted by molar-refractivity contribution is 7.10. The lowest BCUT2D eigenvalue weighted by atomic mass is 10.0. The minimum absolute atomic E-state index is 0.138. The van der Waals surface area contributed by atoms with Crippen molar-refractivity contribution in [3.05, 3.63) is 21.4 Å². The topological polar surface area (TPSA) is 130 Å². The van der Waals surface area contributed by atoms with Crippen LogP contribution >= 0.6 is 11.3 Å². The number of nitrogens with one attached hydrogen (secondary N) is 1. The number of hydrogen-bond acceptors (Lipinski definition) is 6. The number of nitrogens with two attached hydrogens (primary N) is 1. The van der Waals surface area contributed by atoms with Crippen molar-refractivity contribution in [2.24, 2.45) is 5.73 Å². The number of imide groups is 1. The van der Waals surface area contributed by atoms with Crippen LogP contribution in [0.1, 0.15) is 33.6 Å². The largest absolute Gasteiger partial charge is 0.490 e. The molecule has 0 bridgehead atoms. The predicted octanol–water partition coefficient (Wildman–Crippen LogP) is 0.601. The number of aliphatic carboxylic acids is 1. The lowest BCUT2D eigenvalue weighted by molar-refractivity contribution is -0.192. The molecule has 1 unspecified atom stereocenters. The van der Waals surface area contributed by atoms with Crippen molar-refractivity contribution in [2.75, 3.05) is 0 Å². The van der Waals surface area contributed by atoms with Crippen molar-refractivity contribution in [2.45, 2.75) is 38.1 Å². The molecule has 1 aromatic heterocycles. The van der Waals surface area contributed by atoms with E-state index in [2.05, 4.69) is 5.32 Å². The summed E-state index contributed by atoms with van der Waals surface area (Å²) in [5, 5.41) is 11.2. The average Bonchev–Trinajstić information content (AvgIpc) is 3.08. The normalized spacial score (nSPS) is 19.6. The smallest absolute Gasteiger partial charge is 0.475 e. The quantitative estimate of drug-likeness (QED) is 0.631. The molecule has 12 heteroatoms. The summed E-state index contributed by atoms with van der Waals surface area (Å²) < 4.78 is 31.7. The van der Waals surface area contributed by atoms with Crippen LogP contribution in [0.25, 0.3) is 0 Å². The zero-order valence-electron chi connectivity index (χ0n) is 13.1. The zero-order valence-corrected chi connectivity index (χ0v) is 13.9. The Labute approximate surface area is 148 Å². The van der Waals surface area contributed by atoms with Crippen LogP contribution in [-0.4, -0.2) is 45.9 Å². The van der Waals surface area contributed by atoms with Crippen molar-refractivity contribution in [1.82, 2.24) is 10.2 Å². The highest BCUT2D eigenvalue weighted by atomic mass is 32.1. The molecule has 0 radical (unpaired) electrons. The predicted molar refractivity (Wildman–Crippen MR) is 81.9 cm³/mol. The molecule has 1 saturated heterocycles. The molecule has 0 saturated carbocycles. The van der Waals surface area contributed by atoms with Crippen LogP contribution < -0.4 is 11.1 Å². The first-order chi connectivity index (χ1) is 12.1. The van der Waals surface area contributed by atoms with Gasteiger partial charge in [-0.2, -0.15) is 13.2 Å². The van der Waals surface area contributed by atoms with Crippen LogP contribution in [0.3, 0.4) is 0 Å². The van der Waals surface area contributed by atoms with Gasteiger partial charge < -0.3 is 15.7 Å². The number of carbonyl (C=O) groups is 4. The summed E-state index contributed by atoms with van der Waals surface area (Å²) in [7, 11) is 0. The van der Waals surface area contributed by atoms with Crippen LogP contribution in [0.4, 0.5) is 13.2 Å². The van der Waals surface area contributed by atoms with Crippen molar-refractivity contribution < 1.29 is 37.5 Å². The summed E-state index contributed by atoms with van der Waals surface area (Å²) in [5.74, 6) is -3.55. The Morgan fingerprint density at radius 3 is 2.50 bits per heavy atom. The molecule has 1 aromatic rings. The van der Waals surface area contributed by atoms with Crippen LogP contribution in [0.2, 0.25) is 0 Å². The minimum atomic E-state index is -5.08. The summed E-state index contributed by atoms with van der Waals surface area (Å²) >= 11 is 1.48. The Bertz CT molecular complexity index is 761. The SMILES string of the molecule is NCc1scc2c1CN(C1CCC(=O)NC1=O)C2=O.O=C(O)C(F)(F)F. The maximum absolute atomic E-state index is 12.3. The first kappa shape index (κ1) is 19.8. The summed E-state index contributed by atoms with van der Waals surface area (Å²) in [5.41, 5.74) is 7.22. The van der Waals surface area contributed by atoms with E-state index in [-0.39, 0.29) is 24.1 Å². The molecule has 0 aliphatic carbocycles. The molecule has 1 fully saturated rings. The average molecular weight is 393 g/mol. The van der Waals surface area contributed by atoms with Crippen molar-refractivity contribution in [3.63, 3.8) is 0 Å². The maximum atomic E-state index is 12.3. The Hall–Kier alpha value is -2.47. The molecule has 3 heterocycles. The minimum Gasteiger partial charge on any atom is -0.475 e. The molecular weight excluding hydrogens is 379 g/mol. The van der Waals surface area contributed by atoms with Gasteiger partial charge in [0.1, 0.15) is 6.04 Å².